The Labute approximate surface area is 144 Å². The number of carbonyl (C=O) groups excluding carboxylic acids is 1. The lowest BCUT2D eigenvalue weighted by atomic mass is 10.1. The summed E-state index contributed by atoms with van der Waals surface area (Å²) in [5.74, 6) is 0.699. The van der Waals surface area contributed by atoms with Crippen LogP contribution in [0.3, 0.4) is 0 Å². The molecule has 7 nitrogen and oxygen atoms in total. The number of hydrogen-bond donors (Lipinski definition) is 0. The molecule has 1 aliphatic heterocycles. The van der Waals surface area contributed by atoms with Crippen molar-refractivity contribution in [3.63, 3.8) is 0 Å². The molecule has 0 bridgehead atoms. The van der Waals surface area contributed by atoms with Gasteiger partial charge in [-0.25, -0.2) is 4.68 Å². The molecule has 0 fully saturated rings. The molecule has 0 spiro atoms. The van der Waals surface area contributed by atoms with Gasteiger partial charge in [0, 0.05) is 18.3 Å². The Morgan fingerprint density at radius 1 is 1.12 bits per heavy atom. The van der Waals surface area contributed by atoms with Crippen LogP contribution < -0.4 is 4.74 Å². The van der Waals surface area contributed by atoms with Gasteiger partial charge in [-0.1, -0.05) is 23.4 Å². The number of rotatable bonds is 4. The lowest BCUT2D eigenvalue weighted by Gasteiger charge is -2.27. The molecule has 7 heteroatoms. The van der Waals surface area contributed by atoms with Crippen molar-refractivity contribution < 1.29 is 9.53 Å². The number of amides is 1. The highest BCUT2D eigenvalue weighted by Gasteiger charge is 2.25. The van der Waals surface area contributed by atoms with Crippen LogP contribution in [0.5, 0.6) is 5.75 Å². The predicted molar refractivity (Wildman–Crippen MR) is 89.8 cm³/mol. The first kappa shape index (κ1) is 15.3. The van der Waals surface area contributed by atoms with Gasteiger partial charge in [0.15, 0.2) is 0 Å². The third-order valence-electron chi connectivity index (χ3n) is 4.16. The van der Waals surface area contributed by atoms with Crippen LogP contribution in [0.1, 0.15) is 21.7 Å². The van der Waals surface area contributed by atoms with Crippen LogP contribution in [-0.4, -0.2) is 37.3 Å². The molecule has 3 aromatic rings. The van der Waals surface area contributed by atoms with Crippen molar-refractivity contribution >= 4 is 5.91 Å². The Hall–Kier alpha value is -3.22. The molecule has 0 N–H and O–H groups in total. The summed E-state index contributed by atoms with van der Waals surface area (Å²) in [6.07, 6.45) is 3.35. The molecule has 0 saturated carbocycles. The maximum atomic E-state index is 12.7. The highest BCUT2D eigenvalue weighted by Crippen LogP contribution is 2.18. The molecule has 0 saturated heterocycles. The first-order valence-corrected chi connectivity index (χ1v) is 8.09. The minimum absolute atomic E-state index is 0.0205. The van der Waals surface area contributed by atoms with Crippen molar-refractivity contribution in [2.45, 2.75) is 19.7 Å². The number of carbonyl (C=O) groups is 1. The van der Waals surface area contributed by atoms with Gasteiger partial charge in [-0.05, 0) is 24.3 Å². The molecule has 1 amide bonds. The molecule has 126 valence electrons. The summed E-state index contributed by atoms with van der Waals surface area (Å²) in [5, 5.41) is 8.38. The second-order valence-electron chi connectivity index (χ2n) is 5.78. The van der Waals surface area contributed by atoms with Crippen LogP contribution >= 0.6 is 0 Å². The van der Waals surface area contributed by atoms with Crippen LogP contribution in [0, 0.1) is 0 Å². The van der Waals surface area contributed by atoms with Crippen molar-refractivity contribution in [2.24, 2.45) is 0 Å². The van der Waals surface area contributed by atoms with Crippen LogP contribution in [0.4, 0.5) is 0 Å². The smallest absolute Gasteiger partial charge is 0.254 e. The summed E-state index contributed by atoms with van der Waals surface area (Å²) in [7, 11) is 0. The van der Waals surface area contributed by atoms with E-state index in [1.807, 2.05) is 52.0 Å². The van der Waals surface area contributed by atoms with Gasteiger partial charge in [0.2, 0.25) is 0 Å². The molecule has 1 aliphatic rings. The number of ether oxygens (including phenoxy) is 1. The van der Waals surface area contributed by atoms with E-state index in [0.717, 1.165) is 11.4 Å². The molecule has 0 atom stereocenters. The van der Waals surface area contributed by atoms with E-state index in [2.05, 4.69) is 15.3 Å². The van der Waals surface area contributed by atoms with Crippen LogP contribution in [-0.2, 0) is 19.7 Å². The number of hydrogen-bond acceptors (Lipinski definition) is 5. The van der Waals surface area contributed by atoms with Crippen molar-refractivity contribution in [2.75, 3.05) is 6.54 Å². The maximum Gasteiger partial charge on any atom is 0.254 e. The van der Waals surface area contributed by atoms with Gasteiger partial charge in [-0.2, -0.15) is 0 Å². The molecule has 2 aromatic heterocycles. The SMILES string of the molecule is O=C(c1ccccc1)N1CCn2nnc(COc3cccnc3)c2C1. The second kappa shape index (κ2) is 6.72. The fourth-order valence-corrected chi connectivity index (χ4v) is 2.83. The highest BCUT2D eigenvalue weighted by molar-refractivity contribution is 5.94. The molecule has 0 aliphatic carbocycles. The minimum atomic E-state index is 0.0205. The fourth-order valence-electron chi connectivity index (χ4n) is 2.83. The Morgan fingerprint density at radius 2 is 2.00 bits per heavy atom. The number of benzene rings is 1. The van der Waals surface area contributed by atoms with Crippen molar-refractivity contribution in [3.8, 4) is 5.75 Å². The zero-order valence-corrected chi connectivity index (χ0v) is 13.6. The van der Waals surface area contributed by atoms with E-state index in [-0.39, 0.29) is 5.91 Å². The lowest BCUT2D eigenvalue weighted by Crippen LogP contribution is -2.38. The molecule has 0 unspecified atom stereocenters. The average Bonchev–Trinajstić information content (AvgIpc) is 3.09. The Balaban J connectivity index is 1.49. The Morgan fingerprint density at radius 3 is 2.80 bits per heavy atom. The zero-order chi connectivity index (χ0) is 17.1. The summed E-state index contributed by atoms with van der Waals surface area (Å²) in [4.78, 5) is 18.5. The summed E-state index contributed by atoms with van der Waals surface area (Å²) in [6, 6.07) is 13.0. The van der Waals surface area contributed by atoms with E-state index in [1.165, 1.54) is 0 Å². The summed E-state index contributed by atoms with van der Waals surface area (Å²) >= 11 is 0. The third kappa shape index (κ3) is 3.21. The van der Waals surface area contributed by atoms with Crippen LogP contribution in [0.25, 0.3) is 0 Å². The number of fused-ring (bicyclic) bond motifs is 1. The van der Waals surface area contributed by atoms with Gasteiger partial charge in [0.1, 0.15) is 18.1 Å². The minimum Gasteiger partial charge on any atom is -0.486 e. The van der Waals surface area contributed by atoms with E-state index in [4.69, 9.17) is 4.74 Å². The Kier molecular flexibility index (Phi) is 4.12. The van der Waals surface area contributed by atoms with Gasteiger partial charge in [0.25, 0.3) is 5.91 Å². The van der Waals surface area contributed by atoms with E-state index < -0.39 is 0 Å². The van der Waals surface area contributed by atoms with E-state index in [0.29, 0.717) is 37.6 Å². The largest absolute Gasteiger partial charge is 0.486 e. The van der Waals surface area contributed by atoms with Gasteiger partial charge < -0.3 is 9.64 Å². The number of pyridine rings is 1. The molecule has 25 heavy (non-hydrogen) atoms. The quantitative estimate of drug-likeness (QED) is 0.728. The number of aromatic nitrogens is 4. The van der Waals surface area contributed by atoms with E-state index >= 15 is 0 Å². The summed E-state index contributed by atoms with van der Waals surface area (Å²) in [6.45, 7) is 2.03. The van der Waals surface area contributed by atoms with E-state index in [1.54, 1.807) is 12.4 Å². The molecular weight excluding hydrogens is 318 g/mol. The normalized spacial score (nSPS) is 13.4. The third-order valence-corrected chi connectivity index (χ3v) is 4.16. The molecule has 4 rings (SSSR count). The first-order valence-electron chi connectivity index (χ1n) is 8.09. The van der Waals surface area contributed by atoms with Crippen LogP contribution in [0.15, 0.2) is 54.9 Å². The highest BCUT2D eigenvalue weighted by atomic mass is 16.5. The molecule has 3 heterocycles. The summed E-state index contributed by atoms with van der Waals surface area (Å²) < 4.78 is 7.56. The maximum absolute atomic E-state index is 12.7. The van der Waals surface area contributed by atoms with Crippen molar-refractivity contribution in [1.29, 1.82) is 0 Å². The van der Waals surface area contributed by atoms with Gasteiger partial charge in [-0.3, -0.25) is 9.78 Å². The average molecular weight is 335 g/mol. The molecule has 0 radical (unpaired) electrons. The van der Waals surface area contributed by atoms with Gasteiger partial charge >= 0.3 is 0 Å². The standard InChI is InChI=1S/C18H17N5O2/c24-18(14-5-2-1-3-6-14)22-9-10-23-17(12-22)16(20-21-23)13-25-15-7-4-8-19-11-15/h1-8,11H,9-10,12-13H2. The van der Waals surface area contributed by atoms with Crippen LogP contribution in [0.2, 0.25) is 0 Å². The van der Waals surface area contributed by atoms with Gasteiger partial charge in [0.05, 0.1) is 25.0 Å². The molecular formula is C18H17N5O2. The topological polar surface area (TPSA) is 73.1 Å². The lowest BCUT2D eigenvalue weighted by molar-refractivity contribution is 0.0704. The second-order valence-corrected chi connectivity index (χ2v) is 5.78. The van der Waals surface area contributed by atoms with Crippen molar-refractivity contribution in [3.05, 3.63) is 71.8 Å². The Bertz CT molecular complexity index is 864. The first-order chi connectivity index (χ1) is 12.3. The van der Waals surface area contributed by atoms with Gasteiger partial charge in [-0.15, -0.1) is 5.10 Å². The van der Waals surface area contributed by atoms with E-state index in [9.17, 15) is 4.79 Å². The molecule has 1 aromatic carbocycles. The van der Waals surface area contributed by atoms with Crippen molar-refractivity contribution in [1.82, 2.24) is 24.9 Å². The zero-order valence-electron chi connectivity index (χ0n) is 13.6. The predicted octanol–water partition coefficient (Wildman–Crippen LogP) is 1.91. The monoisotopic (exact) mass is 335 g/mol. The summed E-state index contributed by atoms with van der Waals surface area (Å²) in [5.41, 5.74) is 2.35. The fraction of sp³-hybridized carbons (Fsp3) is 0.222. The number of nitrogens with zero attached hydrogens (tertiary/aromatic N) is 5.